The van der Waals surface area contributed by atoms with Gasteiger partial charge in [0.1, 0.15) is 0 Å². The summed E-state index contributed by atoms with van der Waals surface area (Å²) >= 11 is 0. The zero-order chi connectivity index (χ0) is 8.97. The van der Waals surface area contributed by atoms with E-state index in [-0.39, 0.29) is 13.8 Å². The first-order valence-electron chi connectivity index (χ1n) is 4.33. The van der Waals surface area contributed by atoms with E-state index in [1.54, 1.807) is 0 Å². The van der Waals surface area contributed by atoms with Crippen LogP contribution < -0.4 is 0 Å². The van der Waals surface area contributed by atoms with E-state index in [1.165, 1.54) is 0 Å². The van der Waals surface area contributed by atoms with Gasteiger partial charge in [0.2, 0.25) is 0 Å². The minimum atomic E-state index is 0.171. The SMILES string of the molecule is C=CB1CB(C=C)OB(C=C)C1. The van der Waals surface area contributed by atoms with Gasteiger partial charge in [-0.1, -0.05) is 24.4 Å². The molecule has 1 saturated heterocycles. The number of rotatable bonds is 3. The van der Waals surface area contributed by atoms with Gasteiger partial charge in [0, 0.05) is 0 Å². The second-order valence-electron chi connectivity index (χ2n) is 3.15. The molecule has 0 saturated carbocycles. The zero-order valence-electron chi connectivity index (χ0n) is 7.41. The zero-order valence-corrected chi connectivity index (χ0v) is 7.41. The van der Waals surface area contributed by atoms with Gasteiger partial charge in [-0.2, -0.15) is 0 Å². The normalized spacial score (nSPS) is 17.5. The standard InChI is InChI=1S/C8H13B3O/c1-4-9-7-10(5-2)12-11(6-3)8-9/h4-6H,1-3,7-8H2. The van der Waals surface area contributed by atoms with Crippen molar-refractivity contribution < 1.29 is 4.57 Å². The average molecular weight is 158 g/mol. The molecule has 1 rings (SSSR count). The minimum Gasteiger partial charge on any atom is -0.493 e. The van der Waals surface area contributed by atoms with Crippen molar-refractivity contribution in [3.05, 3.63) is 37.7 Å². The van der Waals surface area contributed by atoms with Crippen molar-refractivity contribution in [1.29, 1.82) is 0 Å². The predicted molar refractivity (Wildman–Crippen MR) is 58.6 cm³/mol. The Morgan fingerprint density at radius 1 is 0.917 bits per heavy atom. The summed E-state index contributed by atoms with van der Waals surface area (Å²) in [5.74, 6) is 5.70. The van der Waals surface area contributed by atoms with Crippen LogP contribution in [0.3, 0.4) is 0 Å². The van der Waals surface area contributed by atoms with Crippen LogP contribution in [-0.4, -0.2) is 20.5 Å². The Morgan fingerprint density at radius 3 is 1.75 bits per heavy atom. The lowest BCUT2D eigenvalue weighted by Gasteiger charge is -2.25. The summed E-state index contributed by atoms with van der Waals surface area (Å²) in [7, 11) is 0. The maximum absolute atomic E-state index is 5.63. The quantitative estimate of drug-likeness (QED) is 0.568. The highest BCUT2D eigenvalue weighted by molar-refractivity contribution is 6.93. The molecule has 60 valence electrons. The Balaban J connectivity index is 2.57. The topological polar surface area (TPSA) is 9.23 Å². The fraction of sp³-hybridized carbons (Fsp3) is 0.250. The molecule has 0 amide bonds. The third-order valence-electron chi connectivity index (χ3n) is 2.28. The maximum Gasteiger partial charge on any atom is 0.295 e. The Bertz CT molecular complexity index is 153. The Hall–Kier alpha value is -0.625. The first-order chi connectivity index (χ1) is 5.80. The van der Waals surface area contributed by atoms with Crippen LogP contribution in [0.5, 0.6) is 0 Å². The fourth-order valence-corrected chi connectivity index (χ4v) is 1.52. The Labute approximate surface area is 75.9 Å². The third-order valence-corrected chi connectivity index (χ3v) is 2.28. The van der Waals surface area contributed by atoms with Crippen molar-refractivity contribution in [3.63, 3.8) is 0 Å². The van der Waals surface area contributed by atoms with Crippen molar-refractivity contribution >= 4 is 20.5 Å². The first-order valence-corrected chi connectivity index (χ1v) is 4.33. The molecule has 0 aliphatic carbocycles. The van der Waals surface area contributed by atoms with E-state index in [4.69, 9.17) is 4.57 Å². The van der Waals surface area contributed by atoms with E-state index in [0.717, 1.165) is 12.4 Å². The Kier molecular flexibility index (Phi) is 3.48. The van der Waals surface area contributed by atoms with Crippen LogP contribution in [0.4, 0.5) is 0 Å². The monoisotopic (exact) mass is 158 g/mol. The lowest BCUT2D eigenvalue weighted by Crippen LogP contribution is -2.40. The molecule has 0 spiro atoms. The molecule has 4 heteroatoms. The first kappa shape index (κ1) is 9.46. The summed E-state index contributed by atoms with van der Waals surface area (Å²) in [4.78, 5) is 0. The Morgan fingerprint density at radius 2 is 1.42 bits per heavy atom. The molecule has 0 aromatic carbocycles. The lowest BCUT2D eigenvalue weighted by molar-refractivity contribution is 0.607. The van der Waals surface area contributed by atoms with Crippen LogP contribution in [0.2, 0.25) is 12.4 Å². The van der Waals surface area contributed by atoms with E-state index in [9.17, 15) is 0 Å². The van der Waals surface area contributed by atoms with Crippen LogP contribution in [0.1, 0.15) is 0 Å². The maximum atomic E-state index is 5.63. The van der Waals surface area contributed by atoms with Gasteiger partial charge in [-0.25, -0.2) is 0 Å². The van der Waals surface area contributed by atoms with Crippen LogP contribution in [0.15, 0.2) is 37.7 Å². The van der Waals surface area contributed by atoms with Crippen molar-refractivity contribution in [2.24, 2.45) is 0 Å². The van der Waals surface area contributed by atoms with Crippen molar-refractivity contribution in [1.82, 2.24) is 0 Å². The summed E-state index contributed by atoms with van der Waals surface area (Å²) in [6.07, 6.45) is 2.02. The molecule has 0 N–H and O–H groups in total. The molecule has 0 atom stereocenters. The summed E-state index contributed by atoms with van der Waals surface area (Å²) in [6, 6.07) is 0. The molecular weight excluding hydrogens is 145 g/mol. The highest BCUT2D eigenvalue weighted by Gasteiger charge is 2.31. The second kappa shape index (κ2) is 4.41. The summed E-state index contributed by atoms with van der Waals surface area (Å²) in [5, 5.41) is 0. The van der Waals surface area contributed by atoms with Crippen LogP contribution in [0.25, 0.3) is 0 Å². The fourth-order valence-electron chi connectivity index (χ4n) is 1.52. The molecule has 0 radical (unpaired) electrons. The molecule has 12 heavy (non-hydrogen) atoms. The van der Waals surface area contributed by atoms with Crippen molar-refractivity contribution in [2.45, 2.75) is 12.4 Å². The van der Waals surface area contributed by atoms with Gasteiger partial charge < -0.3 is 4.57 Å². The van der Waals surface area contributed by atoms with Gasteiger partial charge in [-0.05, 0) is 0 Å². The molecule has 0 aromatic heterocycles. The molecular formula is C8H13B3O. The van der Waals surface area contributed by atoms with Crippen LogP contribution in [0, 0.1) is 0 Å². The van der Waals surface area contributed by atoms with Gasteiger partial charge in [-0.3, -0.25) is 0 Å². The highest BCUT2D eigenvalue weighted by Crippen LogP contribution is 2.17. The summed E-state index contributed by atoms with van der Waals surface area (Å²) < 4.78 is 5.63. The van der Waals surface area contributed by atoms with Gasteiger partial charge >= 0.3 is 0 Å². The molecule has 1 aliphatic rings. The van der Waals surface area contributed by atoms with E-state index in [0.29, 0.717) is 6.71 Å². The van der Waals surface area contributed by atoms with Gasteiger partial charge in [0.15, 0.2) is 6.71 Å². The molecule has 1 heterocycles. The molecule has 1 aliphatic heterocycles. The van der Waals surface area contributed by atoms with E-state index >= 15 is 0 Å². The highest BCUT2D eigenvalue weighted by atomic mass is 16.4. The minimum absolute atomic E-state index is 0.171. The molecule has 1 fully saturated rings. The second-order valence-corrected chi connectivity index (χ2v) is 3.15. The van der Waals surface area contributed by atoms with Crippen molar-refractivity contribution in [3.8, 4) is 0 Å². The van der Waals surface area contributed by atoms with Gasteiger partial charge in [-0.15, -0.1) is 25.7 Å². The van der Waals surface area contributed by atoms with Crippen LogP contribution >= 0.6 is 0 Å². The molecule has 0 bridgehead atoms. The van der Waals surface area contributed by atoms with E-state index < -0.39 is 0 Å². The number of hydrogen-bond acceptors (Lipinski definition) is 1. The lowest BCUT2D eigenvalue weighted by atomic mass is 9.23. The molecule has 0 unspecified atom stereocenters. The van der Waals surface area contributed by atoms with Crippen LogP contribution in [-0.2, 0) is 4.57 Å². The van der Waals surface area contributed by atoms with E-state index in [2.05, 4.69) is 19.7 Å². The third kappa shape index (κ3) is 2.18. The number of hydrogen-bond donors (Lipinski definition) is 0. The average Bonchev–Trinajstić information content (AvgIpc) is 2.16. The summed E-state index contributed by atoms with van der Waals surface area (Å²) in [6.45, 7) is 12.1. The smallest absolute Gasteiger partial charge is 0.295 e. The van der Waals surface area contributed by atoms with E-state index in [1.807, 2.05) is 17.9 Å². The van der Waals surface area contributed by atoms with Crippen molar-refractivity contribution in [2.75, 3.05) is 0 Å². The largest absolute Gasteiger partial charge is 0.493 e. The van der Waals surface area contributed by atoms with Gasteiger partial charge in [0.05, 0.1) is 0 Å². The molecule has 1 nitrogen and oxygen atoms in total. The summed E-state index contributed by atoms with van der Waals surface area (Å²) in [5.41, 5.74) is 0. The predicted octanol–water partition coefficient (Wildman–Crippen LogP) is 1.75. The van der Waals surface area contributed by atoms with Gasteiger partial charge in [0.25, 0.3) is 13.8 Å². The molecule has 0 aromatic rings.